The van der Waals surface area contributed by atoms with E-state index < -0.39 is 6.10 Å². The van der Waals surface area contributed by atoms with Gasteiger partial charge >= 0.3 is 0 Å². The molecule has 0 fully saturated rings. The Balaban J connectivity index is 2.75. The summed E-state index contributed by atoms with van der Waals surface area (Å²) in [6, 6.07) is 1.76. The van der Waals surface area contributed by atoms with Gasteiger partial charge in [0.25, 0.3) is 0 Å². The molecule has 142 valence electrons. The van der Waals surface area contributed by atoms with Crippen LogP contribution in [0.4, 0.5) is 0 Å². The first kappa shape index (κ1) is 20.6. The van der Waals surface area contributed by atoms with E-state index in [4.69, 9.17) is 30.5 Å². The minimum Gasteiger partial charge on any atom is -0.493 e. The van der Waals surface area contributed by atoms with Gasteiger partial charge in [0.15, 0.2) is 11.5 Å². The zero-order valence-electron chi connectivity index (χ0n) is 15.2. The molecule has 1 aromatic heterocycles. The molecule has 1 aromatic carbocycles. The van der Waals surface area contributed by atoms with Crippen molar-refractivity contribution in [2.45, 2.75) is 20.0 Å². The fourth-order valence-electron chi connectivity index (χ4n) is 2.74. The number of methoxy groups -OCH3 is 3. The number of hydrogen-bond acceptors (Lipinski definition) is 6. The summed E-state index contributed by atoms with van der Waals surface area (Å²) in [5.74, 6) is 1.49. The van der Waals surface area contributed by atoms with Crippen LogP contribution in [-0.2, 0) is 0 Å². The van der Waals surface area contributed by atoms with Crippen molar-refractivity contribution in [2.75, 3.05) is 27.9 Å². The highest BCUT2D eigenvalue weighted by Crippen LogP contribution is 2.48. The number of rotatable bonds is 7. The van der Waals surface area contributed by atoms with Gasteiger partial charge in [0, 0.05) is 11.8 Å². The van der Waals surface area contributed by atoms with Crippen molar-refractivity contribution in [3.63, 3.8) is 0 Å². The smallest absolute Gasteiger partial charge is 0.221 e. The predicted molar refractivity (Wildman–Crippen MR) is 103 cm³/mol. The van der Waals surface area contributed by atoms with Crippen molar-refractivity contribution in [1.82, 2.24) is 4.98 Å². The van der Waals surface area contributed by atoms with Crippen LogP contribution >= 0.6 is 27.5 Å². The van der Waals surface area contributed by atoms with E-state index in [-0.39, 0.29) is 5.88 Å². The van der Waals surface area contributed by atoms with E-state index >= 15 is 0 Å². The van der Waals surface area contributed by atoms with Crippen LogP contribution in [0.15, 0.2) is 16.7 Å². The summed E-state index contributed by atoms with van der Waals surface area (Å²) in [4.78, 5) is 4.23. The number of hydrogen-bond donors (Lipinski definition) is 1. The van der Waals surface area contributed by atoms with E-state index in [1.165, 1.54) is 27.5 Å². The van der Waals surface area contributed by atoms with Gasteiger partial charge in [-0.3, -0.25) is 0 Å². The van der Waals surface area contributed by atoms with E-state index in [9.17, 15) is 5.11 Å². The van der Waals surface area contributed by atoms with E-state index in [1.807, 2.05) is 13.8 Å². The Morgan fingerprint density at radius 2 is 1.81 bits per heavy atom. The Hall–Kier alpha value is -1.70. The van der Waals surface area contributed by atoms with E-state index in [0.29, 0.717) is 44.5 Å². The zero-order chi connectivity index (χ0) is 19.4. The minimum atomic E-state index is -1.15. The number of nitrogens with zero attached hydrogens (tertiary/aromatic N) is 1. The number of aliphatic hydroxyl groups excluding tert-OH is 1. The summed E-state index contributed by atoms with van der Waals surface area (Å²) in [7, 11) is 4.54. The van der Waals surface area contributed by atoms with Crippen LogP contribution in [0, 0.1) is 6.92 Å². The number of aryl methyl sites for hydroxylation is 1. The third kappa shape index (κ3) is 3.70. The van der Waals surface area contributed by atoms with Gasteiger partial charge in [-0.1, -0.05) is 11.6 Å². The van der Waals surface area contributed by atoms with Crippen molar-refractivity contribution in [3.05, 3.63) is 38.4 Å². The molecule has 2 aromatic rings. The molecule has 0 bridgehead atoms. The average Bonchev–Trinajstić information content (AvgIpc) is 2.63. The molecule has 0 amide bonds. The predicted octanol–water partition coefficient (Wildman–Crippen LogP) is 4.31. The summed E-state index contributed by atoms with van der Waals surface area (Å²) in [5, 5.41) is 11.5. The highest BCUT2D eigenvalue weighted by Gasteiger charge is 2.29. The van der Waals surface area contributed by atoms with Gasteiger partial charge in [0.05, 0.1) is 43.0 Å². The molecule has 0 aliphatic rings. The summed E-state index contributed by atoms with van der Waals surface area (Å²) in [6.07, 6.45) is 0.381. The highest BCUT2D eigenvalue weighted by molar-refractivity contribution is 9.10. The van der Waals surface area contributed by atoms with Gasteiger partial charge in [0.2, 0.25) is 11.6 Å². The largest absolute Gasteiger partial charge is 0.493 e. The molecule has 2 rings (SSSR count). The zero-order valence-corrected chi connectivity index (χ0v) is 17.6. The van der Waals surface area contributed by atoms with Gasteiger partial charge < -0.3 is 24.1 Å². The standard InChI is InChI=1S/C18H21BrClNO5/c1-6-26-18-13(14(20)10(19)8-21-18)15(22)12-9(2)7-11(23-3)16(24-4)17(12)25-5/h7-8,15,22H,6H2,1-5H3. The maximum Gasteiger partial charge on any atom is 0.221 e. The second-order valence-corrected chi connectivity index (χ2v) is 6.58. The second kappa shape index (κ2) is 8.79. The molecule has 0 aliphatic carbocycles. The Labute approximate surface area is 166 Å². The lowest BCUT2D eigenvalue weighted by Crippen LogP contribution is -2.11. The van der Waals surface area contributed by atoms with E-state index in [1.54, 1.807) is 6.07 Å². The Kier molecular flexibility index (Phi) is 6.97. The van der Waals surface area contributed by atoms with Gasteiger partial charge in [-0.05, 0) is 41.4 Å². The van der Waals surface area contributed by atoms with Crippen LogP contribution < -0.4 is 18.9 Å². The third-order valence-corrected chi connectivity index (χ3v) is 5.11. The average molecular weight is 447 g/mol. The van der Waals surface area contributed by atoms with Crippen LogP contribution in [0.25, 0.3) is 0 Å². The summed E-state index contributed by atoms with van der Waals surface area (Å²) in [6.45, 7) is 4.05. The molecular weight excluding hydrogens is 426 g/mol. The van der Waals surface area contributed by atoms with Crippen LogP contribution in [0.1, 0.15) is 29.7 Å². The Bertz CT molecular complexity index is 800. The van der Waals surface area contributed by atoms with Gasteiger partial charge in [0.1, 0.15) is 6.10 Å². The molecule has 1 heterocycles. The number of pyridine rings is 1. The van der Waals surface area contributed by atoms with Crippen molar-refractivity contribution in [2.24, 2.45) is 0 Å². The number of aromatic nitrogens is 1. The first-order chi connectivity index (χ1) is 12.4. The molecule has 1 N–H and O–H groups in total. The number of aliphatic hydroxyl groups is 1. The summed E-state index contributed by atoms with van der Waals surface area (Å²) < 4.78 is 22.4. The number of ether oxygens (including phenoxy) is 4. The van der Waals surface area contributed by atoms with Crippen molar-refractivity contribution in [1.29, 1.82) is 0 Å². The number of benzene rings is 1. The molecule has 26 heavy (non-hydrogen) atoms. The van der Waals surface area contributed by atoms with Crippen LogP contribution in [0.5, 0.6) is 23.1 Å². The van der Waals surface area contributed by atoms with Gasteiger partial charge in [-0.15, -0.1) is 0 Å². The lowest BCUT2D eigenvalue weighted by atomic mass is 9.96. The second-order valence-electron chi connectivity index (χ2n) is 5.35. The first-order valence-corrected chi connectivity index (χ1v) is 9.02. The maximum atomic E-state index is 11.2. The molecule has 0 spiro atoms. The first-order valence-electron chi connectivity index (χ1n) is 7.85. The molecule has 8 heteroatoms. The molecule has 0 radical (unpaired) electrons. The van der Waals surface area contributed by atoms with Gasteiger partial charge in [-0.2, -0.15) is 0 Å². The molecular formula is C18H21BrClNO5. The van der Waals surface area contributed by atoms with Crippen molar-refractivity contribution >= 4 is 27.5 Å². The molecule has 1 atom stereocenters. The Morgan fingerprint density at radius 1 is 1.15 bits per heavy atom. The molecule has 0 saturated carbocycles. The monoisotopic (exact) mass is 445 g/mol. The van der Waals surface area contributed by atoms with Crippen molar-refractivity contribution in [3.8, 4) is 23.1 Å². The SMILES string of the molecule is CCOc1ncc(Br)c(Cl)c1C(O)c1c(C)cc(OC)c(OC)c1OC. The summed E-state index contributed by atoms with van der Waals surface area (Å²) >= 11 is 9.78. The lowest BCUT2D eigenvalue weighted by Gasteiger charge is -2.23. The van der Waals surface area contributed by atoms with Crippen LogP contribution in [0.2, 0.25) is 5.02 Å². The molecule has 0 saturated heterocycles. The quantitative estimate of drug-likeness (QED) is 0.683. The van der Waals surface area contributed by atoms with Crippen molar-refractivity contribution < 1.29 is 24.1 Å². The highest BCUT2D eigenvalue weighted by atomic mass is 79.9. The Morgan fingerprint density at radius 3 is 2.35 bits per heavy atom. The normalized spacial score (nSPS) is 11.8. The van der Waals surface area contributed by atoms with E-state index in [0.717, 1.165) is 5.56 Å². The van der Waals surface area contributed by atoms with Crippen LogP contribution in [0.3, 0.4) is 0 Å². The molecule has 0 aliphatic heterocycles. The van der Waals surface area contributed by atoms with E-state index in [2.05, 4.69) is 20.9 Å². The molecule has 6 nitrogen and oxygen atoms in total. The minimum absolute atomic E-state index is 0.254. The molecule has 1 unspecified atom stereocenters. The lowest BCUT2D eigenvalue weighted by molar-refractivity contribution is 0.202. The summed E-state index contributed by atoms with van der Waals surface area (Å²) in [5.41, 5.74) is 1.58. The maximum absolute atomic E-state index is 11.2. The third-order valence-electron chi connectivity index (χ3n) is 3.87. The fraction of sp³-hybridized carbons (Fsp3) is 0.389. The number of halogens is 2. The fourth-order valence-corrected chi connectivity index (χ4v) is 3.29. The van der Waals surface area contributed by atoms with Gasteiger partial charge in [-0.25, -0.2) is 4.98 Å². The van der Waals surface area contributed by atoms with Crippen LogP contribution in [-0.4, -0.2) is 38.0 Å². The topological polar surface area (TPSA) is 70.0 Å².